The van der Waals surface area contributed by atoms with Gasteiger partial charge in [-0.15, -0.1) is 0 Å². The fraction of sp³-hybridized carbons (Fsp3) is 0. The second kappa shape index (κ2) is 6.03. The molecule has 134 valence electrons. The smallest absolute Gasteiger partial charge is 0.343 e. The third kappa shape index (κ3) is 2.37. The molecule has 0 aliphatic heterocycles. The molecule has 0 atom stereocenters. The molecule has 0 saturated heterocycles. The van der Waals surface area contributed by atoms with E-state index in [1.807, 2.05) is 6.07 Å². The topological polar surface area (TPSA) is 76.2 Å². The lowest BCUT2D eigenvalue weighted by Gasteiger charge is -2.13. The Kier molecular flexibility index (Phi) is 3.49. The number of esters is 1. The van der Waals surface area contributed by atoms with Crippen molar-refractivity contribution in [2.24, 2.45) is 0 Å². The molecule has 0 amide bonds. The average molecular weight is 367 g/mol. The molecule has 1 N–H and O–H groups in total. The van der Waals surface area contributed by atoms with Gasteiger partial charge in [-0.05, 0) is 24.3 Å². The van der Waals surface area contributed by atoms with Crippen molar-refractivity contribution in [1.82, 2.24) is 4.98 Å². The molecule has 1 heterocycles. The Hall–Kier alpha value is -3.99. The highest BCUT2D eigenvalue weighted by Crippen LogP contribution is 2.34. The molecule has 0 radical (unpaired) electrons. The maximum Gasteiger partial charge on any atom is 0.343 e. The number of carbonyl (C=O) groups excluding carboxylic acids is 3. The SMILES string of the molecule is O=C(Oc1ccc2c3c([nH]c2c1)C(=O)c1ccccc1C3=O)c1ccccc1. The summed E-state index contributed by atoms with van der Waals surface area (Å²) in [5.74, 6) is -0.553. The van der Waals surface area contributed by atoms with Crippen molar-refractivity contribution < 1.29 is 19.1 Å². The predicted molar refractivity (Wildman–Crippen MR) is 103 cm³/mol. The van der Waals surface area contributed by atoms with E-state index in [9.17, 15) is 14.4 Å². The van der Waals surface area contributed by atoms with E-state index < -0.39 is 5.97 Å². The zero-order chi connectivity index (χ0) is 19.3. The van der Waals surface area contributed by atoms with Crippen LogP contribution < -0.4 is 4.74 Å². The van der Waals surface area contributed by atoms with Crippen LogP contribution in [0.1, 0.15) is 42.3 Å². The van der Waals surface area contributed by atoms with Gasteiger partial charge in [0.2, 0.25) is 5.78 Å². The van der Waals surface area contributed by atoms with E-state index >= 15 is 0 Å². The van der Waals surface area contributed by atoms with E-state index in [4.69, 9.17) is 4.74 Å². The van der Waals surface area contributed by atoms with Crippen LogP contribution in [0.4, 0.5) is 0 Å². The molecular formula is C23H13NO4. The molecule has 5 rings (SSSR count). The van der Waals surface area contributed by atoms with Crippen LogP contribution in [0.15, 0.2) is 72.8 Å². The predicted octanol–water partition coefficient (Wildman–Crippen LogP) is 4.16. The Morgan fingerprint density at radius 3 is 2.21 bits per heavy atom. The van der Waals surface area contributed by atoms with E-state index in [0.717, 1.165) is 0 Å². The summed E-state index contributed by atoms with van der Waals surface area (Å²) in [4.78, 5) is 41.0. The second-order valence-electron chi connectivity index (χ2n) is 6.54. The van der Waals surface area contributed by atoms with Crippen LogP contribution in [0.25, 0.3) is 10.9 Å². The number of benzene rings is 3. The standard InChI is InChI=1S/C23H13NO4/c25-21-15-8-4-5-9-16(15)22(26)20-19(21)17-11-10-14(12-18(17)24-20)28-23(27)13-6-2-1-3-7-13/h1-12,24H. The minimum atomic E-state index is -0.476. The molecule has 1 aromatic heterocycles. The van der Waals surface area contributed by atoms with Gasteiger partial charge in [0.15, 0.2) is 5.78 Å². The van der Waals surface area contributed by atoms with E-state index in [0.29, 0.717) is 38.9 Å². The number of hydrogen-bond acceptors (Lipinski definition) is 4. The summed E-state index contributed by atoms with van der Waals surface area (Å²) in [6.45, 7) is 0. The Labute approximate surface area is 159 Å². The molecule has 0 fully saturated rings. The van der Waals surface area contributed by atoms with E-state index in [1.165, 1.54) is 0 Å². The molecule has 0 unspecified atom stereocenters. The third-order valence-corrected chi connectivity index (χ3v) is 4.86. The maximum absolute atomic E-state index is 12.9. The quantitative estimate of drug-likeness (QED) is 0.375. The molecule has 0 saturated carbocycles. The van der Waals surface area contributed by atoms with Crippen molar-refractivity contribution in [2.45, 2.75) is 0 Å². The first kappa shape index (κ1) is 16.2. The van der Waals surface area contributed by atoms with Gasteiger partial charge in [0.05, 0.1) is 22.3 Å². The number of aromatic amines is 1. The summed E-state index contributed by atoms with van der Waals surface area (Å²) in [5.41, 5.74) is 2.43. The van der Waals surface area contributed by atoms with Crippen molar-refractivity contribution >= 4 is 28.4 Å². The van der Waals surface area contributed by atoms with Crippen LogP contribution >= 0.6 is 0 Å². The number of carbonyl (C=O) groups is 3. The first-order valence-electron chi connectivity index (χ1n) is 8.75. The number of nitrogens with one attached hydrogen (secondary N) is 1. The lowest BCUT2D eigenvalue weighted by Crippen LogP contribution is -2.19. The number of ether oxygens (including phenoxy) is 1. The number of H-pyrrole nitrogens is 1. The van der Waals surface area contributed by atoms with Crippen molar-refractivity contribution in [3.05, 3.63) is 101 Å². The van der Waals surface area contributed by atoms with E-state index in [2.05, 4.69) is 4.98 Å². The molecule has 1 aliphatic rings. The van der Waals surface area contributed by atoms with Crippen molar-refractivity contribution in [1.29, 1.82) is 0 Å². The van der Waals surface area contributed by atoms with Gasteiger partial charge in [-0.3, -0.25) is 9.59 Å². The highest BCUT2D eigenvalue weighted by atomic mass is 16.5. The normalized spacial score (nSPS) is 12.6. The molecule has 5 nitrogen and oxygen atoms in total. The van der Waals surface area contributed by atoms with Crippen LogP contribution in [0.2, 0.25) is 0 Å². The van der Waals surface area contributed by atoms with Gasteiger partial charge in [0, 0.05) is 22.6 Å². The highest BCUT2D eigenvalue weighted by Gasteiger charge is 2.32. The number of ketones is 2. The van der Waals surface area contributed by atoms with Crippen LogP contribution in [0, 0.1) is 0 Å². The number of fused-ring (bicyclic) bond motifs is 4. The minimum absolute atomic E-state index is 0.189. The van der Waals surface area contributed by atoms with Gasteiger partial charge < -0.3 is 9.72 Å². The van der Waals surface area contributed by atoms with Gasteiger partial charge in [-0.2, -0.15) is 0 Å². The van der Waals surface area contributed by atoms with E-state index in [-0.39, 0.29) is 17.3 Å². The van der Waals surface area contributed by atoms with Gasteiger partial charge in [0.1, 0.15) is 5.75 Å². The molecule has 4 aromatic rings. The second-order valence-corrected chi connectivity index (χ2v) is 6.54. The molecule has 0 spiro atoms. The van der Waals surface area contributed by atoms with Crippen LogP contribution in [0.5, 0.6) is 5.75 Å². The lowest BCUT2D eigenvalue weighted by atomic mass is 9.87. The Bertz CT molecular complexity index is 1280. The molecule has 5 heteroatoms. The zero-order valence-corrected chi connectivity index (χ0v) is 14.6. The minimum Gasteiger partial charge on any atom is -0.423 e. The summed E-state index contributed by atoms with van der Waals surface area (Å²) >= 11 is 0. The fourth-order valence-electron chi connectivity index (χ4n) is 3.53. The summed E-state index contributed by atoms with van der Waals surface area (Å²) < 4.78 is 5.43. The van der Waals surface area contributed by atoms with Crippen LogP contribution in [-0.4, -0.2) is 22.5 Å². The highest BCUT2D eigenvalue weighted by molar-refractivity contribution is 6.32. The third-order valence-electron chi connectivity index (χ3n) is 4.86. The monoisotopic (exact) mass is 367 g/mol. The molecule has 0 bridgehead atoms. The number of rotatable bonds is 2. The summed E-state index contributed by atoms with van der Waals surface area (Å²) in [6.07, 6.45) is 0. The molecular weight excluding hydrogens is 354 g/mol. The Morgan fingerprint density at radius 2 is 1.46 bits per heavy atom. The maximum atomic E-state index is 12.9. The van der Waals surface area contributed by atoms with Crippen molar-refractivity contribution in [2.75, 3.05) is 0 Å². The largest absolute Gasteiger partial charge is 0.423 e. The number of hydrogen-bond donors (Lipinski definition) is 1. The zero-order valence-electron chi connectivity index (χ0n) is 14.6. The van der Waals surface area contributed by atoms with Crippen molar-refractivity contribution in [3.63, 3.8) is 0 Å². The summed E-state index contributed by atoms with van der Waals surface area (Å²) in [5, 5.41) is 0.627. The summed E-state index contributed by atoms with van der Waals surface area (Å²) in [6, 6.07) is 20.4. The van der Waals surface area contributed by atoms with Crippen molar-refractivity contribution in [3.8, 4) is 5.75 Å². The van der Waals surface area contributed by atoms with Crippen LogP contribution in [-0.2, 0) is 0 Å². The molecule has 3 aromatic carbocycles. The van der Waals surface area contributed by atoms with Gasteiger partial charge in [-0.25, -0.2) is 4.79 Å². The first-order chi connectivity index (χ1) is 13.6. The number of aromatic nitrogens is 1. The fourth-order valence-corrected chi connectivity index (χ4v) is 3.53. The van der Waals surface area contributed by atoms with Gasteiger partial charge in [-0.1, -0.05) is 42.5 Å². The lowest BCUT2D eigenvalue weighted by molar-refractivity contribution is 0.0734. The Morgan fingerprint density at radius 1 is 0.786 bits per heavy atom. The van der Waals surface area contributed by atoms with Gasteiger partial charge in [0.25, 0.3) is 0 Å². The summed E-state index contributed by atoms with van der Waals surface area (Å²) in [7, 11) is 0. The molecule has 28 heavy (non-hydrogen) atoms. The van der Waals surface area contributed by atoms with Gasteiger partial charge >= 0.3 is 5.97 Å². The Balaban J connectivity index is 1.56. The first-order valence-corrected chi connectivity index (χ1v) is 8.75. The molecule has 1 aliphatic carbocycles. The van der Waals surface area contributed by atoms with E-state index in [1.54, 1.807) is 66.7 Å². The van der Waals surface area contributed by atoms with Crippen LogP contribution in [0.3, 0.4) is 0 Å². The average Bonchev–Trinajstić information content (AvgIpc) is 3.12.